The average Bonchev–Trinajstić information content (AvgIpc) is 2.99. The Morgan fingerprint density at radius 3 is 2.34 bits per heavy atom. The van der Waals surface area contributed by atoms with Gasteiger partial charge in [-0.2, -0.15) is 5.26 Å². The Morgan fingerprint density at radius 1 is 1.00 bits per heavy atom. The van der Waals surface area contributed by atoms with Gasteiger partial charge in [-0.15, -0.1) is 0 Å². The van der Waals surface area contributed by atoms with Crippen molar-refractivity contribution < 1.29 is 9.90 Å². The van der Waals surface area contributed by atoms with Gasteiger partial charge in [-0.25, -0.2) is 9.78 Å². The highest BCUT2D eigenvalue weighted by molar-refractivity contribution is 5.90. The predicted octanol–water partition coefficient (Wildman–Crippen LogP) is 5.48. The maximum absolute atomic E-state index is 13.6. The smallest absolute Gasteiger partial charge is 0.322 e. The number of benzene rings is 2. The van der Waals surface area contributed by atoms with Crippen LogP contribution in [0.25, 0.3) is 11.1 Å². The lowest BCUT2D eigenvalue weighted by Crippen LogP contribution is -2.45. The number of aromatic hydroxyl groups is 1. The van der Waals surface area contributed by atoms with Gasteiger partial charge in [-0.1, -0.05) is 24.3 Å². The van der Waals surface area contributed by atoms with Crippen LogP contribution in [0.15, 0.2) is 90.0 Å². The van der Waals surface area contributed by atoms with Crippen molar-refractivity contribution >= 4 is 17.5 Å². The van der Waals surface area contributed by atoms with E-state index in [2.05, 4.69) is 21.7 Å². The monoisotopic (exact) mass is 548 g/mol. The second-order valence-corrected chi connectivity index (χ2v) is 10.4. The molecule has 9 heteroatoms. The molecule has 0 atom stereocenters. The second-order valence-electron chi connectivity index (χ2n) is 10.4. The summed E-state index contributed by atoms with van der Waals surface area (Å²) in [5.74, 6) is 0.929. The fourth-order valence-electron chi connectivity index (χ4n) is 5.16. The summed E-state index contributed by atoms with van der Waals surface area (Å²) in [6, 6.07) is 23.6. The maximum atomic E-state index is 13.6. The van der Waals surface area contributed by atoms with E-state index in [9.17, 15) is 14.7 Å². The summed E-state index contributed by atoms with van der Waals surface area (Å²) >= 11 is 0. The Kier molecular flexibility index (Phi) is 8.30. The fraction of sp³-hybridized carbons (Fsp3) is 0.250. The van der Waals surface area contributed by atoms with Gasteiger partial charge in [0.05, 0.1) is 5.56 Å². The summed E-state index contributed by atoms with van der Waals surface area (Å²) in [7, 11) is 1.72. The number of pyridine rings is 2. The SMILES string of the molecule is Cn1cc(-c2ccc(NC(=O)N(Cc3ccc(O)cc3)C3CCC(Nc4ccc(C#N)cn4)CC3)cc2)ccc1=O. The zero-order valence-electron chi connectivity index (χ0n) is 22.8. The summed E-state index contributed by atoms with van der Waals surface area (Å²) in [6.07, 6.45) is 6.75. The molecule has 0 saturated heterocycles. The van der Waals surface area contributed by atoms with Crippen LogP contribution in [-0.4, -0.2) is 37.7 Å². The Labute approximate surface area is 238 Å². The Hall–Kier alpha value is -5.10. The number of hydrogen-bond donors (Lipinski definition) is 3. The number of anilines is 2. The standard InChI is InChI=1S/C32H32N6O3/c1-37-21-25(7-17-31(37)40)24-5-8-27(9-6-24)36-32(41)38(20-22-2-14-29(39)15-3-22)28-12-10-26(11-13-28)35-30-16-4-23(18-33)19-34-30/h2-9,14-17,19,21,26,28,39H,10-13,20H2,1H3,(H,34,35)(H,36,41). The van der Waals surface area contributed by atoms with Gasteiger partial charge in [-0.05, 0) is 84.8 Å². The number of phenols is 1. The van der Waals surface area contributed by atoms with Gasteiger partial charge in [0, 0.05) is 49.8 Å². The molecule has 0 bridgehead atoms. The van der Waals surface area contributed by atoms with Gasteiger partial charge in [0.25, 0.3) is 0 Å². The van der Waals surface area contributed by atoms with E-state index in [-0.39, 0.29) is 29.4 Å². The van der Waals surface area contributed by atoms with Crippen molar-refractivity contribution in [2.24, 2.45) is 7.05 Å². The third kappa shape index (κ3) is 6.92. The van der Waals surface area contributed by atoms with E-state index >= 15 is 0 Å². The third-order valence-corrected chi connectivity index (χ3v) is 7.49. The number of nitrogens with one attached hydrogen (secondary N) is 2. The second kappa shape index (κ2) is 12.4. The molecule has 2 heterocycles. The molecule has 9 nitrogen and oxygen atoms in total. The number of carbonyl (C=O) groups is 1. The minimum absolute atomic E-state index is 0.0423. The van der Waals surface area contributed by atoms with Crippen LogP contribution < -0.4 is 16.2 Å². The van der Waals surface area contributed by atoms with Crippen molar-refractivity contribution in [3.63, 3.8) is 0 Å². The molecule has 41 heavy (non-hydrogen) atoms. The van der Waals surface area contributed by atoms with Crippen LogP contribution in [0.3, 0.4) is 0 Å². The Balaban J connectivity index is 1.26. The predicted molar refractivity (Wildman–Crippen MR) is 158 cm³/mol. The molecule has 1 saturated carbocycles. The normalized spacial score (nSPS) is 16.4. The molecule has 0 aliphatic heterocycles. The lowest BCUT2D eigenvalue weighted by molar-refractivity contribution is 0.160. The topological polar surface area (TPSA) is 123 Å². The minimum Gasteiger partial charge on any atom is -0.508 e. The molecule has 2 aromatic carbocycles. The minimum atomic E-state index is -0.182. The number of urea groups is 1. The number of aryl methyl sites for hydroxylation is 1. The van der Waals surface area contributed by atoms with Crippen LogP contribution in [0.2, 0.25) is 0 Å². The molecule has 208 valence electrons. The quantitative estimate of drug-likeness (QED) is 0.281. The summed E-state index contributed by atoms with van der Waals surface area (Å²) in [5.41, 5.74) is 3.94. The lowest BCUT2D eigenvalue weighted by atomic mass is 9.90. The highest BCUT2D eigenvalue weighted by atomic mass is 16.3. The summed E-state index contributed by atoms with van der Waals surface area (Å²) in [6.45, 7) is 0.419. The van der Waals surface area contributed by atoms with E-state index in [4.69, 9.17) is 5.26 Å². The molecule has 3 N–H and O–H groups in total. The largest absolute Gasteiger partial charge is 0.508 e. The number of carbonyl (C=O) groups excluding carboxylic acids is 1. The number of nitrogens with zero attached hydrogens (tertiary/aromatic N) is 4. The molecule has 1 aliphatic rings. The number of rotatable bonds is 7. The number of nitriles is 1. The van der Waals surface area contributed by atoms with Crippen molar-refractivity contribution in [3.8, 4) is 22.9 Å². The van der Waals surface area contributed by atoms with E-state index < -0.39 is 0 Å². The first kappa shape index (κ1) is 27.5. The van der Waals surface area contributed by atoms with Crippen molar-refractivity contribution in [2.75, 3.05) is 10.6 Å². The molecule has 0 radical (unpaired) electrons. The molecule has 0 spiro atoms. The highest BCUT2D eigenvalue weighted by Crippen LogP contribution is 2.28. The van der Waals surface area contributed by atoms with Crippen LogP contribution in [-0.2, 0) is 13.6 Å². The van der Waals surface area contributed by atoms with Crippen LogP contribution in [0, 0.1) is 11.3 Å². The molecular formula is C32H32N6O3. The Morgan fingerprint density at radius 2 is 1.71 bits per heavy atom. The van der Waals surface area contributed by atoms with Gasteiger partial charge in [0.15, 0.2) is 0 Å². The van der Waals surface area contributed by atoms with Crippen molar-refractivity contribution in [1.29, 1.82) is 5.26 Å². The summed E-state index contributed by atoms with van der Waals surface area (Å²) in [4.78, 5) is 31.6. The van der Waals surface area contributed by atoms with E-state index in [0.717, 1.165) is 48.2 Å². The molecule has 5 rings (SSSR count). The van der Waals surface area contributed by atoms with Gasteiger partial charge in [0.2, 0.25) is 5.56 Å². The summed E-state index contributed by atoms with van der Waals surface area (Å²) in [5, 5.41) is 25.2. The Bertz CT molecular complexity index is 1580. The van der Waals surface area contributed by atoms with E-state index in [1.54, 1.807) is 43.7 Å². The first-order valence-electron chi connectivity index (χ1n) is 13.6. The molecule has 2 aromatic heterocycles. The van der Waals surface area contributed by atoms with Crippen LogP contribution >= 0.6 is 0 Å². The number of hydrogen-bond acceptors (Lipinski definition) is 6. The zero-order chi connectivity index (χ0) is 28.8. The van der Waals surface area contributed by atoms with E-state index in [1.807, 2.05) is 47.4 Å². The van der Waals surface area contributed by atoms with Crippen LogP contribution in [0.4, 0.5) is 16.3 Å². The van der Waals surface area contributed by atoms with Crippen molar-refractivity contribution in [3.05, 3.63) is 107 Å². The third-order valence-electron chi connectivity index (χ3n) is 7.49. The fourth-order valence-corrected chi connectivity index (χ4v) is 5.16. The van der Waals surface area contributed by atoms with Crippen LogP contribution in [0.5, 0.6) is 5.75 Å². The van der Waals surface area contributed by atoms with E-state index in [0.29, 0.717) is 17.8 Å². The van der Waals surface area contributed by atoms with Crippen molar-refractivity contribution in [2.45, 2.75) is 44.3 Å². The first-order valence-corrected chi connectivity index (χ1v) is 13.6. The van der Waals surface area contributed by atoms with Gasteiger partial charge in [-0.3, -0.25) is 4.79 Å². The molecule has 1 aliphatic carbocycles. The lowest BCUT2D eigenvalue weighted by Gasteiger charge is -2.37. The number of phenolic OH excluding ortho intramolecular Hbond substituents is 1. The maximum Gasteiger partial charge on any atom is 0.322 e. The van der Waals surface area contributed by atoms with Crippen molar-refractivity contribution in [1.82, 2.24) is 14.5 Å². The van der Waals surface area contributed by atoms with Gasteiger partial charge < -0.3 is 25.2 Å². The molecule has 1 fully saturated rings. The average molecular weight is 549 g/mol. The molecule has 0 unspecified atom stereocenters. The summed E-state index contributed by atoms with van der Waals surface area (Å²) < 4.78 is 1.54. The zero-order valence-corrected chi connectivity index (χ0v) is 22.8. The first-order chi connectivity index (χ1) is 19.9. The molecule has 4 aromatic rings. The molecule has 2 amide bonds. The van der Waals surface area contributed by atoms with Crippen LogP contribution in [0.1, 0.15) is 36.8 Å². The number of aromatic nitrogens is 2. The van der Waals surface area contributed by atoms with Gasteiger partial charge >= 0.3 is 6.03 Å². The van der Waals surface area contributed by atoms with Gasteiger partial charge in [0.1, 0.15) is 17.6 Å². The van der Waals surface area contributed by atoms with E-state index in [1.165, 1.54) is 10.6 Å². The molecular weight excluding hydrogens is 516 g/mol. The number of amides is 2. The highest BCUT2D eigenvalue weighted by Gasteiger charge is 2.29.